The Morgan fingerprint density at radius 3 is 1.82 bits per heavy atom. The van der Waals surface area contributed by atoms with E-state index in [1.165, 1.54) is 58.3 Å². The van der Waals surface area contributed by atoms with Crippen molar-refractivity contribution in [3.05, 3.63) is 0 Å². The second-order valence-electron chi connectivity index (χ2n) is 5.46. The first-order chi connectivity index (χ1) is 8.27. The lowest BCUT2D eigenvalue weighted by molar-refractivity contribution is 0.0644. The van der Waals surface area contributed by atoms with Crippen molar-refractivity contribution < 1.29 is 0 Å². The van der Waals surface area contributed by atoms with Crippen molar-refractivity contribution in [3.8, 4) is 0 Å². The summed E-state index contributed by atoms with van der Waals surface area (Å²) in [5, 5.41) is 0. The third-order valence-electron chi connectivity index (χ3n) is 4.17. The SMILES string of the molecule is CC.CC(C)N1CCN(C2CCCCC2)CC1. The van der Waals surface area contributed by atoms with E-state index >= 15 is 0 Å². The summed E-state index contributed by atoms with van der Waals surface area (Å²) >= 11 is 0. The van der Waals surface area contributed by atoms with E-state index in [4.69, 9.17) is 0 Å². The summed E-state index contributed by atoms with van der Waals surface area (Å²) < 4.78 is 0. The minimum absolute atomic E-state index is 0.735. The van der Waals surface area contributed by atoms with E-state index in [9.17, 15) is 0 Å². The number of rotatable bonds is 2. The standard InChI is InChI=1S/C13H26N2.C2H6/c1-12(2)14-8-10-15(11-9-14)13-6-4-3-5-7-13;1-2/h12-13H,3-11H2,1-2H3;1-2H3. The Labute approximate surface area is 108 Å². The molecule has 17 heavy (non-hydrogen) atoms. The quantitative estimate of drug-likeness (QED) is 0.730. The molecule has 1 heterocycles. The first-order valence-corrected chi connectivity index (χ1v) is 7.75. The molecule has 0 N–H and O–H groups in total. The van der Waals surface area contributed by atoms with Crippen LogP contribution in [0.1, 0.15) is 59.8 Å². The zero-order valence-electron chi connectivity index (χ0n) is 12.4. The maximum atomic E-state index is 2.75. The second-order valence-corrected chi connectivity index (χ2v) is 5.46. The molecule has 102 valence electrons. The van der Waals surface area contributed by atoms with E-state index in [1.807, 2.05) is 13.8 Å². The molecule has 2 aliphatic rings. The summed E-state index contributed by atoms with van der Waals surface area (Å²) in [5.74, 6) is 0. The fourth-order valence-electron chi connectivity index (χ4n) is 3.07. The molecule has 1 aliphatic heterocycles. The maximum absolute atomic E-state index is 2.75. The van der Waals surface area contributed by atoms with E-state index in [1.54, 1.807) is 0 Å². The van der Waals surface area contributed by atoms with Gasteiger partial charge in [0.05, 0.1) is 0 Å². The molecule has 0 aromatic heterocycles. The summed E-state index contributed by atoms with van der Waals surface area (Å²) in [7, 11) is 0. The lowest BCUT2D eigenvalue weighted by Crippen LogP contribution is -2.52. The molecule has 0 amide bonds. The third kappa shape index (κ3) is 4.59. The monoisotopic (exact) mass is 240 g/mol. The largest absolute Gasteiger partial charge is 0.298 e. The van der Waals surface area contributed by atoms with Crippen LogP contribution in [0.3, 0.4) is 0 Å². The highest BCUT2D eigenvalue weighted by atomic mass is 15.3. The average molecular weight is 240 g/mol. The summed E-state index contributed by atoms with van der Waals surface area (Å²) in [4.78, 5) is 5.36. The van der Waals surface area contributed by atoms with Crippen molar-refractivity contribution in [1.82, 2.24) is 9.80 Å². The minimum atomic E-state index is 0.735. The van der Waals surface area contributed by atoms with Crippen molar-refractivity contribution in [3.63, 3.8) is 0 Å². The molecule has 0 atom stereocenters. The van der Waals surface area contributed by atoms with E-state index < -0.39 is 0 Å². The summed E-state index contributed by atoms with van der Waals surface area (Å²) in [5.41, 5.74) is 0. The van der Waals surface area contributed by atoms with Crippen LogP contribution in [0.25, 0.3) is 0 Å². The first-order valence-electron chi connectivity index (χ1n) is 7.75. The molecule has 0 unspecified atom stereocenters. The molecule has 1 saturated heterocycles. The van der Waals surface area contributed by atoms with E-state index in [0.29, 0.717) is 0 Å². The molecule has 1 aliphatic carbocycles. The number of hydrogen-bond acceptors (Lipinski definition) is 2. The van der Waals surface area contributed by atoms with E-state index in [2.05, 4.69) is 23.6 Å². The zero-order valence-corrected chi connectivity index (χ0v) is 12.4. The van der Waals surface area contributed by atoms with Crippen molar-refractivity contribution in [2.24, 2.45) is 0 Å². The van der Waals surface area contributed by atoms with E-state index in [-0.39, 0.29) is 0 Å². The lowest BCUT2D eigenvalue weighted by Gasteiger charge is -2.42. The molecule has 0 aromatic carbocycles. The number of hydrogen-bond donors (Lipinski definition) is 0. The van der Waals surface area contributed by atoms with Gasteiger partial charge in [0.25, 0.3) is 0 Å². The van der Waals surface area contributed by atoms with Crippen molar-refractivity contribution in [2.75, 3.05) is 26.2 Å². The molecule has 2 nitrogen and oxygen atoms in total. The van der Waals surface area contributed by atoms with Crippen LogP contribution in [0.2, 0.25) is 0 Å². The van der Waals surface area contributed by atoms with Gasteiger partial charge in [-0.2, -0.15) is 0 Å². The second kappa shape index (κ2) is 8.10. The van der Waals surface area contributed by atoms with Crippen molar-refractivity contribution >= 4 is 0 Å². The zero-order chi connectivity index (χ0) is 12.7. The van der Waals surface area contributed by atoms with Crippen LogP contribution in [0.4, 0.5) is 0 Å². The predicted octanol–water partition coefficient (Wildman–Crippen LogP) is 3.37. The summed E-state index contributed by atoms with van der Waals surface area (Å²) in [6, 6.07) is 1.66. The highest BCUT2D eigenvalue weighted by Gasteiger charge is 2.25. The molecular weight excluding hydrogens is 208 g/mol. The van der Waals surface area contributed by atoms with Gasteiger partial charge in [-0.15, -0.1) is 0 Å². The van der Waals surface area contributed by atoms with Crippen LogP contribution in [0.15, 0.2) is 0 Å². The van der Waals surface area contributed by atoms with Gasteiger partial charge in [0.1, 0.15) is 0 Å². The Balaban J connectivity index is 0.000000686. The predicted molar refractivity (Wildman–Crippen MR) is 76.5 cm³/mol. The van der Waals surface area contributed by atoms with Crippen LogP contribution in [0.5, 0.6) is 0 Å². The van der Waals surface area contributed by atoms with Gasteiger partial charge in [-0.1, -0.05) is 33.1 Å². The van der Waals surface area contributed by atoms with Gasteiger partial charge in [0.2, 0.25) is 0 Å². The Morgan fingerprint density at radius 2 is 1.35 bits per heavy atom. The average Bonchev–Trinajstić information content (AvgIpc) is 2.42. The third-order valence-corrected chi connectivity index (χ3v) is 4.17. The lowest BCUT2D eigenvalue weighted by atomic mass is 9.94. The number of piperazine rings is 1. The topological polar surface area (TPSA) is 6.48 Å². The number of nitrogens with zero attached hydrogens (tertiary/aromatic N) is 2. The Bertz CT molecular complexity index is 177. The molecule has 0 aromatic rings. The molecule has 0 spiro atoms. The molecule has 2 fully saturated rings. The highest BCUT2D eigenvalue weighted by molar-refractivity contribution is 4.81. The van der Waals surface area contributed by atoms with Crippen molar-refractivity contribution in [1.29, 1.82) is 0 Å². The van der Waals surface area contributed by atoms with Gasteiger partial charge in [0.15, 0.2) is 0 Å². The molecule has 2 heteroatoms. The normalized spacial score (nSPS) is 24.5. The van der Waals surface area contributed by atoms with Crippen LogP contribution in [0, 0.1) is 0 Å². The van der Waals surface area contributed by atoms with Gasteiger partial charge in [-0.3, -0.25) is 9.80 Å². The molecule has 0 radical (unpaired) electrons. The van der Waals surface area contributed by atoms with Gasteiger partial charge < -0.3 is 0 Å². The summed E-state index contributed by atoms with van der Waals surface area (Å²) in [6.07, 6.45) is 7.33. The smallest absolute Gasteiger partial charge is 0.0113 e. The maximum Gasteiger partial charge on any atom is 0.0113 e. The fourth-order valence-corrected chi connectivity index (χ4v) is 3.07. The molecule has 1 saturated carbocycles. The first kappa shape index (κ1) is 15.0. The minimum Gasteiger partial charge on any atom is -0.298 e. The summed E-state index contributed by atoms with van der Waals surface area (Å²) in [6.45, 7) is 13.8. The molecular formula is C15H32N2. The van der Waals surface area contributed by atoms with Crippen molar-refractivity contribution in [2.45, 2.75) is 71.9 Å². The highest BCUT2D eigenvalue weighted by Crippen LogP contribution is 2.23. The molecule has 0 bridgehead atoms. The van der Waals surface area contributed by atoms with E-state index in [0.717, 1.165) is 12.1 Å². The van der Waals surface area contributed by atoms with Gasteiger partial charge >= 0.3 is 0 Å². The fraction of sp³-hybridized carbons (Fsp3) is 1.00. The van der Waals surface area contributed by atoms with Gasteiger partial charge in [-0.05, 0) is 26.7 Å². The van der Waals surface area contributed by atoms with Crippen LogP contribution >= 0.6 is 0 Å². The molecule has 2 rings (SSSR count). The Hall–Kier alpha value is -0.0800. The Morgan fingerprint density at radius 1 is 0.824 bits per heavy atom. The van der Waals surface area contributed by atoms with Crippen LogP contribution < -0.4 is 0 Å². The van der Waals surface area contributed by atoms with Gasteiger partial charge in [-0.25, -0.2) is 0 Å². The van der Waals surface area contributed by atoms with Crippen LogP contribution in [-0.4, -0.2) is 48.1 Å². The Kier molecular flexibility index (Phi) is 7.14. The van der Waals surface area contributed by atoms with Crippen LogP contribution in [-0.2, 0) is 0 Å². The van der Waals surface area contributed by atoms with Gasteiger partial charge in [0, 0.05) is 38.3 Å².